The lowest BCUT2D eigenvalue weighted by Crippen LogP contribution is -2.28. The molecule has 1 atom stereocenters. The second-order valence-electron chi connectivity index (χ2n) is 5.17. The van der Waals surface area contributed by atoms with Gasteiger partial charge < -0.3 is 5.73 Å². The molecule has 1 aliphatic rings. The zero-order valence-corrected chi connectivity index (χ0v) is 10.8. The van der Waals surface area contributed by atoms with E-state index >= 15 is 0 Å². The molecule has 1 fully saturated rings. The van der Waals surface area contributed by atoms with Crippen LogP contribution in [0.2, 0.25) is 0 Å². The van der Waals surface area contributed by atoms with Crippen LogP contribution < -0.4 is 10.5 Å². The van der Waals surface area contributed by atoms with Crippen molar-refractivity contribution in [3.8, 4) is 0 Å². The maximum atomic E-state index is 13.1. The number of halogens is 2. The molecule has 0 amide bonds. The molecule has 0 heterocycles. The Hall–Kier alpha value is -1.21. The van der Waals surface area contributed by atoms with Crippen LogP contribution in [-0.2, 0) is 10.0 Å². The molecule has 3 N–H and O–H groups in total. The van der Waals surface area contributed by atoms with E-state index in [1.165, 1.54) is 0 Å². The lowest BCUT2D eigenvalue weighted by atomic mass is 10.2. The molecule has 0 saturated heterocycles. The fourth-order valence-electron chi connectivity index (χ4n) is 1.66. The highest BCUT2D eigenvalue weighted by Gasteiger charge is 2.47. The van der Waals surface area contributed by atoms with Crippen molar-refractivity contribution in [2.45, 2.75) is 31.2 Å². The SMILES string of the molecule is CC1(C)CC1NS(=O)(=O)c1cc(N)c(F)c(F)c1. The lowest BCUT2D eigenvalue weighted by molar-refractivity contribution is 0.507. The van der Waals surface area contributed by atoms with Crippen LogP contribution in [0.15, 0.2) is 17.0 Å². The van der Waals surface area contributed by atoms with E-state index in [-0.39, 0.29) is 16.4 Å². The summed E-state index contributed by atoms with van der Waals surface area (Å²) in [6, 6.07) is 1.36. The molecule has 0 spiro atoms. The standard InChI is InChI=1S/C11H14F2N2O2S/c1-11(2)5-9(11)15-18(16,17)6-3-7(12)10(13)8(14)4-6/h3-4,9,15H,5,14H2,1-2H3. The van der Waals surface area contributed by atoms with Crippen molar-refractivity contribution in [1.82, 2.24) is 4.72 Å². The first-order valence-corrected chi connectivity index (χ1v) is 6.89. The van der Waals surface area contributed by atoms with Crippen molar-refractivity contribution in [2.75, 3.05) is 5.73 Å². The molecule has 1 aromatic rings. The second kappa shape index (κ2) is 3.89. The Kier molecular flexibility index (Phi) is 2.86. The Bertz CT molecular complexity index is 576. The minimum absolute atomic E-state index is 0.100. The summed E-state index contributed by atoms with van der Waals surface area (Å²) >= 11 is 0. The van der Waals surface area contributed by atoms with Crippen molar-refractivity contribution in [1.29, 1.82) is 0 Å². The third kappa shape index (κ3) is 2.32. The van der Waals surface area contributed by atoms with Gasteiger partial charge in [0.05, 0.1) is 10.6 Å². The summed E-state index contributed by atoms with van der Waals surface area (Å²) in [6.07, 6.45) is 0.714. The van der Waals surface area contributed by atoms with Crippen LogP contribution in [0.25, 0.3) is 0 Å². The van der Waals surface area contributed by atoms with E-state index in [1.54, 1.807) is 0 Å². The molecule has 0 aliphatic heterocycles. The summed E-state index contributed by atoms with van der Waals surface area (Å²) in [5.74, 6) is -2.51. The summed E-state index contributed by atoms with van der Waals surface area (Å²) < 4.78 is 52.4. The smallest absolute Gasteiger partial charge is 0.241 e. The molecule has 0 radical (unpaired) electrons. The van der Waals surface area contributed by atoms with Gasteiger partial charge in [-0.3, -0.25) is 0 Å². The number of nitrogens with two attached hydrogens (primary N) is 1. The molecule has 1 aliphatic carbocycles. The molecular weight excluding hydrogens is 262 g/mol. The van der Waals surface area contributed by atoms with E-state index in [1.807, 2.05) is 13.8 Å². The molecule has 2 rings (SSSR count). The zero-order valence-electron chi connectivity index (χ0n) is 10.00. The van der Waals surface area contributed by atoms with Gasteiger partial charge in [-0.2, -0.15) is 0 Å². The first kappa shape index (κ1) is 13.2. The highest BCUT2D eigenvalue weighted by molar-refractivity contribution is 7.89. The molecule has 0 bridgehead atoms. The number of nitrogens with one attached hydrogen (secondary N) is 1. The Balaban J connectivity index is 2.31. The van der Waals surface area contributed by atoms with Crippen LogP contribution in [0.1, 0.15) is 20.3 Å². The Morgan fingerprint density at radius 3 is 2.39 bits per heavy atom. The van der Waals surface area contributed by atoms with Crippen LogP contribution in [0.4, 0.5) is 14.5 Å². The van der Waals surface area contributed by atoms with Gasteiger partial charge in [-0.1, -0.05) is 13.8 Å². The maximum absolute atomic E-state index is 13.1. The topological polar surface area (TPSA) is 72.2 Å². The van der Waals surface area contributed by atoms with Gasteiger partial charge in [0.15, 0.2) is 11.6 Å². The number of nitrogen functional groups attached to an aromatic ring is 1. The molecule has 18 heavy (non-hydrogen) atoms. The molecule has 4 nitrogen and oxygen atoms in total. The molecule has 0 aromatic heterocycles. The van der Waals surface area contributed by atoms with Gasteiger partial charge in [0.1, 0.15) is 0 Å². The normalized spacial score (nSPS) is 21.9. The molecule has 1 saturated carbocycles. The average molecular weight is 276 g/mol. The van der Waals surface area contributed by atoms with Gasteiger partial charge in [-0.15, -0.1) is 0 Å². The Morgan fingerprint density at radius 1 is 1.39 bits per heavy atom. The molecule has 100 valence electrons. The number of hydrogen-bond donors (Lipinski definition) is 2. The van der Waals surface area contributed by atoms with Gasteiger partial charge in [-0.05, 0) is 24.0 Å². The number of hydrogen-bond acceptors (Lipinski definition) is 3. The van der Waals surface area contributed by atoms with Gasteiger partial charge in [0.25, 0.3) is 0 Å². The minimum atomic E-state index is -3.87. The molecular formula is C11H14F2N2O2S. The fraction of sp³-hybridized carbons (Fsp3) is 0.455. The highest BCUT2D eigenvalue weighted by atomic mass is 32.2. The van der Waals surface area contributed by atoms with Crippen molar-refractivity contribution >= 4 is 15.7 Å². The number of rotatable bonds is 3. The summed E-state index contributed by atoms with van der Waals surface area (Å²) in [5, 5.41) is 0. The van der Waals surface area contributed by atoms with Crippen molar-refractivity contribution in [2.24, 2.45) is 5.41 Å². The summed E-state index contributed by atoms with van der Waals surface area (Å²) in [6.45, 7) is 3.83. The first-order valence-electron chi connectivity index (χ1n) is 5.40. The van der Waals surface area contributed by atoms with Gasteiger partial charge in [-0.25, -0.2) is 21.9 Å². The second-order valence-corrected chi connectivity index (χ2v) is 6.89. The van der Waals surface area contributed by atoms with Crippen LogP contribution in [-0.4, -0.2) is 14.5 Å². The quantitative estimate of drug-likeness (QED) is 0.824. The van der Waals surface area contributed by atoms with Gasteiger partial charge >= 0.3 is 0 Å². The highest BCUT2D eigenvalue weighted by Crippen LogP contribution is 2.45. The van der Waals surface area contributed by atoms with E-state index in [0.717, 1.165) is 6.07 Å². The Morgan fingerprint density at radius 2 is 1.94 bits per heavy atom. The predicted octanol–water partition coefficient (Wildman–Crippen LogP) is 1.62. The van der Waals surface area contributed by atoms with Crippen LogP contribution in [0, 0.1) is 17.0 Å². The molecule has 1 aromatic carbocycles. The number of anilines is 1. The van der Waals surface area contributed by atoms with Crippen LogP contribution >= 0.6 is 0 Å². The van der Waals surface area contributed by atoms with Crippen LogP contribution in [0.5, 0.6) is 0 Å². The predicted molar refractivity (Wildman–Crippen MR) is 63.3 cm³/mol. The van der Waals surface area contributed by atoms with Gasteiger partial charge in [0, 0.05) is 6.04 Å². The summed E-state index contributed by atoms with van der Waals surface area (Å²) in [4.78, 5) is -0.360. The van der Waals surface area contributed by atoms with Crippen molar-refractivity contribution in [3.63, 3.8) is 0 Å². The number of sulfonamides is 1. The summed E-state index contributed by atoms with van der Waals surface area (Å²) in [5.41, 5.74) is 4.59. The molecule has 1 unspecified atom stereocenters. The van der Waals surface area contributed by atoms with E-state index in [0.29, 0.717) is 12.5 Å². The maximum Gasteiger partial charge on any atom is 0.241 e. The monoisotopic (exact) mass is 276 g/mol. The summed E-state index contributed by atoms with van der Waals surface area (Å²) in [7, 11) is -3.87. The lowest BCUT2D eigenvalue weighted by Gasteiger charge is -2.09. The van der Waals surface area contributed by atoms with E-state index < -0.39 is 27.3 Å². The largest absolute Gasteiger partial charge is 0.396 e. The average Bonchev–Trinajstić information content (AvgIpc) is 2.80. The van der Waals surface area contributed by atoms with Crippen LogP contribution in [0.3, 0.4) is 0 Å². The third-order valence-electron chi connectivity index (χ3n) is 3.15. The fourth-order valence-corrected chi connectivity index (χ4v) is 3.12. The van der Waals surface area contributed by atoms with Gasteiger partial charge in [0.2, 0.25) is 10.0 Å². The van der Waals surface area contributed by atoms with E-state index in [4.69, 9.17) is 5.73 Å². The first-order chi connectivity index (χ1) is 8.13. The number of benzene rings is 1. The Labute approximate surface area is 104 Å². The van der Waals surface area contributed by atoms with E-state index in [9.17, 15) is 17.2 Å². The molecule has 7 heteroatoms. The van der Waals surface area contributed by atoms with E-state index in [2.05, 4.69) is 4.72 Å². The van der Waals surface area contributed by atoms with Crippen molar-refractivity contribution < 1.29 is 17.2 Å². The van der Waals surface area contributed by atoms with Crippen molar-refractivity contribution in [3.05, 3.63) is 23.8 Å². The third-order valence-corrected chi connectivity index (χ3v) is 4.60. The minimum Gasteiger partial charge on any atom is -0.396 e. The zero-order chi connectivity index (χ0) is 13.7.